The molecule has 0 heterocycles. The van der Waals surface area contributed by atoms with Crippen molar-refractivity contribution in [3.8, 4) is 0 Å². The van der Waals surface area contributed by atoms with Gasteiger partial charge < -0.3 is 5.11 Å². The van der Waals surface area contributed by atoms with Crippen molar-refractivity contribution in [1.29, 1.82) is 0 Å². The van der Waals surface area contributed by atoms with Crippen LogP contribution in [0.5, 0.6) is 0 Å². The zero-order valence-electron chi connectivity index (χ0n) is 9.36. The van der Waals surface area contributed by atoms with Gasteiger partial charge in [0.1, 0.15) is 6.10 Å². The zero-order chi connectivity index (χ0) is 12.8. The van der Waals surface area contributed by atoms with Crippen LogP contribution >= 0.6 is 0 Å². The Morgan fingerprint density at radius 3 is 2.44 bits per heavy atom. The smallest absolute Gasteiger partial charge is 0.279 e. The molecule has 1 atom stereocenters. The minimum Gasteiger partial charge on any atom is -0.386 e. The van der Waals surface area contributed by atoms with Gasteiger partial charge in [0.15, 0.2) is 0 Å². The highest BCUT2D eigenvalue weighted by Gasteiger charge is 2.22. The lowest BCUT2D eigenvalue weighted by Crippen LogP contribution is -2.43. The van der Waals surface area contributed by atoms with Crippen LogP contribution in [-0.2, 0) is 10.2 Å². The lowest BCUT2D eigenvalue weighted by Gasteiger charge is -2.18. The van der Waals surface area contributed by atoms with Gasteiger partial charge in [-0.15, -0.1) is 0 Å². The fourth-order valence-electron chi connectivity index (χ4n) is 0.891. The van der Waals surface area contributed by atoms with Crippen LogP contribution in [0.2, 0.25) is 0 Å². The molecule has 0 bridgehead atoms. The highest BCUT2D eigenvalue weighted by atomic mass is 32.2. The first-order chi connectivity index (χ1) is 7.31. The van der Waals surface area contributed by atoms with Gasteiger partial charge in [-0.3, -0.25) is 0 Å². The molecule has 0 fully saturated rings. The van der Waals surface area contributed by atoms with Crippen LogP contribution in [0.3, 0.4) is 0 Å². The topological polar surface area (TPSA) is 69.6 Å². The van der Waals surface area contributed by atoms with Crippen molar-refractivity contribution in [2.24, 2.45) is 0 Å². The highest BCUT2D eigenvalue weighted by Crippen LogP contribution is 2.02. The lowest BCUT2D eigenvalue weighted by molar-refractivity contribution is -0.000605. The molecule has 0 aliphatic heterocycles. The van der Waals surface area contributed by atoms with Crippen molar-refractivity contribution in [3.05, 3.63) is 0 Å². The van der Waals surface area contributed by atoms with Crippen LogP contribution in [0, 0.1) is 0 Å². The molecule has 0 saturated heterocycles. The van der Waals surface area contributed by atoms with E-state index in [0.29, 0.717) is 13.0 Å². The minimum atomic E-state index is -3.77. The highest BCUT2D eigenvalue weighted by molar-refractivity contribution is 7.87. The SMILES string of the molecule is CCCCN(C)S(=O)(=O)NCC(O)C(F)F. The Morgan fingerprint density at radius 1 is 1.44 bits per heavy atom. The second-order valence-electron chi connectivity index (χ2n) is 3.43. The average molecular weight is 260 g/mol. The predicted octanol–water partition coefficient (Wildman–Crippen LogP) is 0.179. The maximum Gasteiger partial charge on any atom is 0.279 e. The number of aliphatic hydroxyl groups is 1. The number of halogens is 2. The Labute approximate surface area is 94.6 Å². The first kappa shape index (κ1) is 15.7. The lowest BCUT2D eigenvalue weighted by atomic mass is 10.3. The van der Waals surface area contributed by atoms with E-state index in [4.69, 9.17) is 5.11 Å². The Hall–Kier alpha value is -0.310. The second-order valence-corrected chi connectivity index (χ2v) is 5.29. The van der Waals surface area contributed by atoms with E-state index in [1.54, 1.807) is 0 Å². The van der Waals surface area contributed by atoms with Crippen LogP contribution in [0.15, 0.2) is 0 Å². The van der Waals surface area contributed by atoms with Crippen molar-refractivity contribution in [2.45, 2.75) is 32.3 Å². The van der Waals surface area contributed by atoms with Crippen molar-refractivity contribution in [2.75, 3.05) is 20.1 Å². The summed E-state index contributed by atoms with van der Waals surface area (Å²) in [5.74, 6) is 0. The van der Waals surface area contributed by atoms with Gasteiger partial charge in [-0.05, 0) is 6.42 Å². The van der Waals surface area contributed by atoms with Crippen molar-refractivity contribution in [3.63, 3.8) is 0 Å². The summed E-state index contributed by atoms with van der Waals surface area (Å²) < 4.78 is 49.6. The molecule has 0 aromatic rings. The number of hydrogen-bond acceptors (Lipinski definition) is 3. The molecule has 0 aliphatic rings. The maximum absolute atomic E-state index is 11.9. The largest absolute Gasteiger partial charge is 0.386 e. The van der Waals surface area contributed by atoms with Gasteiger partial charge in [0.05, 0.1) is 0 Å². The van der Waals surface area contributed by atoms with E-state index in [1.807, 2.05) is 11.6 Å². The molecule has 0 saturated carbocycles. The molecule has 1 unspecified atom stereocenters. The first-order valence-corrected chi connectivity index (χ1v) is 6.42. The quantitative estimate of drug-likeness (QED) is 0.654. The average Bonchev–Trinajstić information content (AvgIpc) is 2.22. The van der Waals surface area contributed by atoms with Crippen molar-refractivity contribution in [1.82, 2.24) is 9.03 Å². The van der Waals surface area contributed by atoms with Gasteiger partial charge in [-0.25, -0.2) is 8.78 Å². The third-order valence-electron chi connectivity index (χ3n) is 2.00. The van der Waals surface area contributed by atoms with Crippen molar-refractivity contribution < 1.29 is 22.3 Å². The second kappa shape index (κ2) is 7.10. The Kier molecular flexibility index (Phi) is 6.96. The predicted molar refractivity (Wildman–Crippen MR) is 56.5 cm³/mol. The van der Waals surface area contributed by atoms with Crippen LogP contribution in [-0.4, -0.2) is 50.5 Å². The molecule has 0 rings (SSSR count). The summed E-state index contributed by atoms with van der Waals surface area (Å²) in [7, 11) is -2.42. The minimum absolute atomic E-state index is 0.316. The van der Waals surface area contributed by atoms with Crippen LogP contribution < -0.4 is 4.72 Å². The summed E-state index contributed by atoms with van der Waals surface area (Å²) in [6.45, 7) is 1.54. The summed E-state index contributed by atoms with van der Waals surface area (Å²) in [5, 5.41) is 8.75. The van der Waals surface area contributed by atoms with Crippen molar-refractivity contribution >= 4 is 10.2 Å². The summed E-state index contributed by atoms with van der Waals surface area (Å²) in [6, 6.07) is 0. The maximum atomic E-state index is 11.9. The van der Waals surface area contributed by atoms with Gasteiger partial charge in [-0.2, -0.15) is 17.4 Å². The molecule has 0 aliphatic carbocycles. The number of hydrogen-bond donors (Lipinski definition) is 2. The zero-order valence-corrected chi connectivity index (χ0v) is 10.2. The first-order valence-electron chi connectivity index (χ1n) is 4.98. The molecule has 0 aromatic carbocycles. The molecule has 0 spiro atoms. The van der Waals surface area contributed by atoms with Gasteiger partial charge in [-0.1, -0.05) is 13.3 Å². The summed E-state index contributed by atoms with van der Waals surface area (Å²) in [5.41, 5.74) is 0. The molecular formula is C8H18F2N2O3S. The molecule has 0 aromatic heterocycles. The van der Waals surface area contributed by atoms with Gasteiger partial charge >= 0.3 is 0 Å². The molecule has 2 N–H and O–H groups in total. The van der Waals surface area contributed by atoms with Gasteiger partial charge in [0.2, 0.25) is 0 Å². The molecule has 0 amide bonds. The van der Waals surface area contributed by atoms with Crippen LogP contribution in [0.25, 0.3) is 0 Å². The van der Waals surface area contributed by atoms with Crippen LogP contribution in [0.1, 0.15) is 19.8 Å². The normalized spacial score (nSPS) is 14.7. The van der Waals surface area contributed by atoms with E-state index in [-0.39, 0.29) is 0 Å². The Bertz CT molecular complexity index is 285. The third-order valence-corrected chi connectivity index (χ3v) is 3.54. The number of alkyl halides is 2. The monoisotopic (exact) mass is 260 g/mol. The van der Waals surface area contributed by atoms with E-state index in [0.717, 1.165) is 10.7 Å². The molecule has 0 radical (unpaired) electrons. The van der Waals surface area contributed by atoms with Crippen LogP contribution in [0.4, 0.5) is 8.78 Å². The molecule has 8 heteroatoms. The Morgan fingerprint density at radius 2 is 2.00 bits per heavy atom. The Balaban J connectivity index is 4.14. The number of rotatable bonds is 8. The van der Waals surface area contributed by atoms with E-state index in [9.17, 15) is 17.2 Å². The fourth-order valence-corrected chi connectivity index (χ4v) is 1.86. The third kappa shape index (κ3) is 5.69. The van der Waals surface area contributed by atoms with E-state index in [2.05, 4.69) is 0 Å². The summed E-state index contributed by atoms with van der Waals surface area (Å²) in [6.07, 6.45) is -3.41. The standard InChI is InChI=1S/C8H18F2N2O3S/c1-3-4-5-12(2)16(14,15)11-6-7(13)8(9)10/h7-8,11,13H,3-6H2,1-2H3. The van der Waals surface area contributed by atoms with E-state index >= 15 is 0 Å². The molecule has 16 heavy (non-hydrogen) atoms. The van der Waals surface area contributed by atoms with E-state index < -0.39 is 29.3 Å². The number of unbranched alkanes of at least 4 members (excludes halogenated alkanes) is 1. The molecular weight excluding hydrogens is 242 g/mol. The summed E-state index contributed by atoms with van der Waals surface area (Å²) in [4.78, 5) is 0. The van der Waals surface area contributed by atoms with E-state index in [1.165, 1.54) is 7.05 Å². The van der Waals surface area contributed by atoms with Gasteiger partial charge in [0, 0.05) is 20.1 Å². The molecule has 98 valence electrons. The van der Waals surface area contributed by atoms with Gasteiger partial charge in [0.25, 0.3) is 16.6 Å². The number of nitrogens with one attached hydrogen (secondary N) is 1. The fraction of sp³-hybridized carbons (Fsp3) is 1.00. The number of aliphatic hydroxyl groups excluding tert-OH is 1. The number of nitrogens with zero attached hydrogens (tertiary/aromatic N) is 1. The summed E-state index contributed by atoms with van der Waals surface area (Å²) >= 11 is 0. The molecule has 5 nitrogen and oxygen atoms in total.